The molecular formula is C22H24O8. The number of benzene rings is 2. The van der Waals surface area contributed by atoms with Crippen molar-refractivity contribution in [1.29, 1.82) is 0 Å². The highest BCUT2D eigenvalue weighted by Crippen LogP contribution is 2.20. The Bertz CT molecular complexity index is 872. The van der Waals surface area contributed by atoms with Gasteiger partial charge in [-0.3, -0.25) is 0 Å². The standard InChI is InChI=1S/C22H24O8/c1-5-27-19(23)13(3)29-21(25)17-9-7-16-12-18(10-8-15(16)11-17)22(26)30-14(4)20(24)28-6-2/h7-14H,5-6H2,1-4H3. The minimum absolute atomic E-state index is 0.194. The fourth-order valence-electron chi connectivity index (χ4n) is 2.57. The van der Waals surface area contributed by atoms with E-state index in [0.29, 0.717) is 10.8 Å². The largest absolute Gasteiger partial charge is 0.463 e. The lowest BCUT2D eigenvalue weighted by atomic mass is 10.0. The smallest absolute Gasteiger partial charge is 0.347 e. The summed E-state index contributed by atoms with van der Waals surface area (Å²) in [4.78, 5) is 47.8. The van der Waals surface area contributed by atoms with Crippen LogP contribution in [0, 0.1) is 0 Å². The number of carbonyl (C=O) groups is 4. The summed E-state index contributed by atoms with van der Waals surface area (Å²) in [5.74, 6) is -2.56. The van der Waals surface area contributed by atoms with Gasteiger partial charge in [0.1, 0.15) is 0 Å². The van der Waals surface area contributed by atoms with Crippen molar-refractivity contribution in [1.82, 2.24) is 0 Å². The molecule has 30 heavy (non-hydrogen) atoms. The van der Waals surface area contributed by atoms with Gasteiger partial charge < -0.3 is 18.9 Å². The molecule has 0 aliphatic carbocycles. The van der Waals surface area contributed by atoms with Crippen LogP contribution in [-0.2, 0) is 28.5 Å². The monoisotopic (exact) mass is 416 g/mol. The second-order valence-electron chi connectivity index (χ2n) is 6.38. The van der Waals surface area contributed by atoms with E-state index in [4.69, 9.17) is 18.9 Å². The highest BCUT2D eigenvalue weighted by atomic mass is 16.6. The van der Waals surface area contributed by atoms with Crippen LogP contribution in [0.25, 0.3) is 10.8 Å². The lowest BCUT2D eigenvalue weighted by Crippen LogP contribution is -2.26. The molecule has 0 aliphatic heterocycles. The molecule has 2 aromatic rings. The van der Waals surface area contributed by atoms with Gasteiger partial charge in [0.2, 0.25) is 0 Å². The number of esters is 4. The highest BCUT2D eigenvalue weighted by Gasteiger charge is 2.21. The summed E-state index contributed by atoms with van der Waals surface area (Å²) in [5.41, 5.74) is 0.509. The van der Waals surface area contributed by atoms with E-state index in [9.17, 15) is 19.2 Å². The maximum absolute atomic E-state index is 12.3. The van der Waals surface area contributed by atoms with Crippen molar-refractivity contribution in [3.8, 4) is 0 Å². The second kappa shape index (κ2) is 10.4. The Kier molecular flexibility index (Phi) is 7.91. The van der Waals surface area contributed by atoms with E-state index >= 15 is 0 Å². The molecule has 2 atom stereocenters. The van der Waals surface area contributed by atoms with Crippen LogP contribution in [-0.4, -0.2) is 49.3 Å². The number of hydrogen-bond acceptors (Lipinski definition) is 8. The van der Waals surface area contributed by atoms with Crippen LogP contribution in [0.4, 0.5) is 0 Å². The second-order valence-corrected chi connectivity index (χ2v) is 6.38. The molecule has 8 nitrogen and oxygen atoms in total. The van der Waals surface area contributed by atoms with Crippen molar-refractivity contribution >= 4 is 34.6 Å². The minimum atomic E-state index is -1.02. The number of hydrogen-bond donors (Lipinski definition) is 0. The van der Waals surface area contributed by atoms with Crippen molar-refractivity contribution < 1.29 is 38.1 Å². The van der Waals surface area contributed by atoms with Crippen molar-refractivity contribution in [2.45, 2.75) is 39.9 Å². The molecule has 2 rings (SSSR count). The van der Waals surface area contributed by atoms with Crippen LogP contribution in [0.1, 0.15) is 48.4 Å². The number of fused-ring (bicyclic) bond motifs is 1. The SMILES string of the molecule is CCOC(=O)C(C)OC(=O)c1ccc2cc(C(=O)OC(C)C(=O)OCC)ccc2c1. The topological polar surface area (TPSA) is 105 Å². The molecule has 0 saturated carbocycles. The van der Waals surface area contributed by atoms with Crippen LogP contribution in [0.2, 0.25) is 0 Å². The molecule has 8 heteroatoms. The Labute approximate surface area is 174 Å². The van der Waals surface area contributed by atoms with Gasteiger partial charge in [0, 0.05) is 0 Å². The van der Waals surface area contributed by atoms with Gasteiger partial charge in [-0.2, -0.15) is 0 Å². The van der Waals surface area contributed by atoms with Crippen LogP contribution < -0.4 is 0 Å². The molecule has 0 spiro atoms. The molecule has 160 valence electrons. The first-order chi connectivity index (χ1) is 14.3. The third kappa shape index (κ3) is 5.79. The third-order valence-electron chi connectivity index (χ3n) is 4.12. The first-order valence-electron chi connectivity index (χ1n) is 9.55. The Morgan fingerprint density at radius 1 is 0.700 bits per heavy atom. The van der Waals surface area contributed by atoms with Crippen LogP contribution >= 0.6 is 0 Å². The molecule has 0 heterocycles. The maximum Gasteiger partial charge on any atom is 0.347 e. The lowest BCUT2D eigenvalue weighted by molar-refractivity contribution is -0.153. The van der Waals surface area contributed by atoms with E-state index in [0.717, 1.165) is 0 Å². The van der Waals surface area contributed by atoms with Crippen molar-refractivity contribution in [2.75, 3.05) is 13.2 Å². The van der Waals surface area contributed by atoms with Gasteiger partial charge in [0.05, 0.1) is 24.3 Å². The molecule has 2 unspecified atom stereocenters. The zero-order valence-corrected chi connectivity index (χ0v) is 17.3. The summed E-state index contributed by atoms with van der Waals surface area (Å²) in [6.45, 7) is 6.59. The predicted octanol–water partition coefficient (Wildman–Crippen LogP) is 3.06. The van der Waals surface area contributed by atoms with Gasteiger partial charge in [-0.25, -0.2) is 19.2 Å². The fourth-order valence-corrected chi connectivity index (χ4v) is 2.57. The van der Waals surface area contributed by atoms with Gasteiger partial charge in [-0.15, -0.1) is 0 Å². The molecule has 0 fully saturated rings. The number of carbonyl (C=O) groups excluding carboxylic acids is 4. The Hall–Kier alpha value is -3.42. The Balaban J connectivity index is 2.12. The molecule has 0 radical (unpaired) electrons. The Morgan fingerprint density at radius 2 is 1.07 bits per heavy atom. The quantitative estimate of drug-likeness (QED) is 0.478. The van der Waals surface area contributed by atoms with Crippen molar-refractivity contribution in [3.63, 3.8) is 0 Å². The first-order valence-corrected chi connectivity index (χ1v) is 9.55. The summed E-state index contributed by atoms with van der Waals surface area (Å²) in [5, 5.41) is 1.37. The maximum atomic E-state index is 12.3. The fraction of sp³-hybridized carbons (Fsp3) is 0.364. The van der Waals surface area contributed by atoms with Gasteiger partial charge in [-0.05, 0) is 62.7 Å². The van der Waals surface area contributed by atoms with E-state index in [1.165, 1.54) is 26.0 Å². The van der Waals surface area contributed by atoms with E-state index in [1.54, 1.807) is 38.1 Å². The molecule has 0 saturated heterocycles. The summed E-state index contributed by atoms with van der Waals surface area (Å²) in [6, 6.07) is 9.52. The molecule has 0 aromatic heterocycles. The summed E-state index contributed by atoms with van der Waals surface area (Å²) < 4.78 is 19.9. The molecule has 2 aromatic carbocycles. The van der Waals surface area contributed by atoms with E-state index in [1.807, 2.05) is 0 Å². The number of ether oxygens (including phenoxy) is 4. The van der Waals surface area contributed by atoms with Crippen molar-refractivity contribution in [3.05, 3.63) is 47.5 Å². The zero-order valence-electron chi connectivity index (χ0n) is 17.3. The zero-order chi connectivity index (χ0) is 22.3. The van der Waals surface area contributed by atoms with E-state index < -0.39 is 36.1 Å². The van der Waals surface area contributed by atoms with Crippen LogP contribution in [0.3, 0.4) is 0 Å². The summed E-state index contributed by atoms with van der Waals surface area (Å²) in [7, 11) is 0. The Morgan fingerprint density at radius 3 is 1.40 bits per heavy atom. The average Bonchev–Trinajstić information content (AvgIpc) is 2.73. The van der Waals surface area contributed by atoms with Gasteiger partial charge in [-0.1, -0.05) is 12.1 Å². The molecule has 0 aliphatic rings. The van der Waals surface area contributed by atoms with E-state index in [-0.39, 0.29) is 24.3 Å². The van der Waals surface area contributed by atoms with Crippen molar-refractivity contribution in [2.24, 2.45) is 0 Å². The summed E-state index contributed by atoms with van der Waals surface area (Å²) in [6.07, 6.45) is -2.04. The first kappa shape index (κ1) is 22.9. The lowest BCUT2D eigenvalue weighted by Gasteiger charge is -2.13. The minimum Gasteiger partial charge on any atom is -0.463 e. The molecule has 0 amide bonds. The summed E-state index contributed by atoms with van der Waals surface area (Å²) >= 11 is 0. The van der Waals surface area contributed by atoms with Crippen LogP contribution in [0.15, 0.2) is 36.4 Å². The normalized spacial score (nSPS) is 12.5. The number of rotatable bonds is 8. The van der Waals surface area contributed by atoms with Crippen LogP contribution in [0.5, 0.6) is 0 Å². The average molecular weight is 416 g/mol. The predicted molar refractivity (Wildman–Crippen MR) is 107 cm³/mol. The highest BCUT2D eigenvalue weighted by molar-refractivity contribution is 5.99. The van der Waals surface area contributed by atoms with E-state index in [2.05, 4.69) is 0 Å². The third-order valence-corrected chi connectivity index (χ3v) is 4.12. The van der Waals surface area contributed by atoms with Gasteiger partial charge >= 0.3 is 23.9 Å². The molecule has 0 N–H and O–H groups in total. The molecular weight excluding hydrogens is 392 g/mol. The van der Waals surface area contributed by atoms with Gasteiger partial charge in [0.25, 0.3) is 0 Å². The van der Waals surface area contributed by atoms with Gasteiger partial charge in [0.15, 0.2) is 12.2 Å². The molecule has 0 bridgehead atoms.